The Balaban J connectivity index is 1.56. The molecule has 4 heteroatoms. The van der Waals surface area contributed by atoms with E-state index < -0.39 is 0 Å². The Morgan fingerprint density at radius 3 is 2.38 bits per heavy atom. The van der Waals surface area contributed by atoms with Gasteiger partial charge in [-0.05, 0) is 72.5 Å². The topological polar surface area (TPSA) is 44.5 Å². The molecule has 0 spiro atoms. The van der Waals surface area contributed by atoms with E-state index in [1.165, 1.54) is 11.1 Å². The summed E-state index contributed by atoms with van der Waals surface area (Å²) in [4.78, 5) is 4.64. The van der Waals surface area contributed by atoms with Gasteiger partial charge in [0.25, 0.3) is 0 Å². The van der Waals surface area contributed by atoms with Gasteiger partial charge in [-0.25, -0.2) is 4.98 Å². The minimum Gasteiger partial charge on any atom is -0.454 e. The number of rotatable bonds is 2. The van der Waals surface area contributed by atoms with Gasteiger partial charge in [0, 0.05) is 5.56 Å². The second-order valence-corrected chi connectivity index (χ2v) is 6.57. The number of ether oxygens (including phenoxy) is 2. The third kappa shape index (κ3) is 2.42. The highest BCUT2D eigenvalue weighted by Crippen LogP contribution is 2.37. The molecule has 128 valence electrons. The summed E-state index contributed by atoms with van der Waals surface area (Å²) in [5.41, 5.74) is 7.21. The number of hydrogen-bond acceptors (Lipinski definition) is 4. The molecular formula is C22H17NO3. The van der Waals surface area contributed by atoms with E-state index in [-0.39, 0.29) is 6.79 Å². The van der Waals surface area contributed by atoms with Crippen LogP contribution in [0.25, 0.3) is 33.7 Å². The van der Waals surface area contributed by atoms with Gasteiger partial charge in [-0.15, -0.1) is 0 Å². The highest BCUT2D eigenvalue weighted by Gasteiger charge is 2.15. The second-order valence-electron chi connectivity index (χ2n) is 6.57. The maximum absolute atomic E-state index is 6.04. The zero-order valence-electron chi connectivity index (χ0n) is 14.6. The van der Waals surface area contributed by atoms with Gasteiger partial charge in [-0.3, -0.25) is 0 Å². The number of nitrogens with zero attached hydrogens (tertiary/aromatic N) is 1. The Morgan fingerprint density at radius 2 is 1.50 bits per heavy atom. The van der Waals surface area contributed by atoms with Gasteiger partial charge >= 0.3 is 0 Å². The van der Waals surface area contributed by atoms with Gasteiger partial charge in [0.2, 0.25) is 12.7 Å². The molecule has 0 atom stereocenters. The fraction of sp³-hybridized carbons (Fsp3) is 0.136. The zero-order chi connectivity index (χ0) is 17.7. The molecule has 4 nitrogen and oxygen atoms in total. The van der Waals surface area contributed by atoms with Crippen LogP contribution in [0.4, 0.5) is 0 Å². The minimum atomic E-state index is 0.277. The van der Waals surface area contributed by atoms with Crippen LogP contribution >= 0.6 is 0 Å². The quantitative estimate of drug-likeness (QED) is 0.481. The van der Waals surface area contributed by atoms with Crippen molar-refractivity contribution in [3.63, 3.8) is 0 Å². The predicted molar refractivity (Wildman–Crippen MR) is 100 cm³/mol. The Bertz CT molecular complexity index is 1140. The van der Waals surface area contributed by atoms with E-state index in [0.29, 0.717) is 5.89 Å². The average Bonchev–Trinajstić information content (AvgIpc) is 3.29. The van der Waals surface area contributed by atoms with Crippen LogP contribution in [0.2, 0.25) is 0 Å². The molecule has 0 radical (unpaired) electrons. The van der Waals surface area contributed by atoms with Crippen molar-refractivity contribution in [2.24, 2.45) is 0 Å². The molecule has 1 aliphatic heterocycles. The number of benzene rings is 3. The summed E-state index contributed by atoms with van der Waals surface area (Å²) in [7, 11) is 0. The Morgan fingerprint density at radius 1 is 0.731 bits per heavy atom. The van der Waals surface area contributed by atoms with E-state index >= 15 is 0 Å². The summed E-state index contributed by atoms with van der Waals surface area (Å²) in [6.45, 7) is 4.47. The fourth-order valence-corrected chi connectivity index (χ4v) is 3.18. The van der Waals surface area contributed by atoms with Crippen molar-refractivity contribution >= 4 is 11.1 Å². The van der Waals surface area contributed by atoms with Crippen LogP contribution in [0.1, 0.15) is 11.1 Å². The van der Waals surface area contributed by atoms with Crippen molar-refractivity contribution in [2.75, 3.05) is 6.79 Å². The van der Waals surface area contributed by atoms with Crippen molar-refractivity contribution in [1.82, 2.24) is 4.98 Å². The first-order valence-corrected chi connectivity index (χ1v) is 8.56. The molecular weight excluding hydrogens is 326 g/mol. The normalized spacial score (nSPS) is 12.7. The SMILES string of the molecule is Cc1ccc(-c2nc3ccc(-c4ccc5c(c4)OCO5)cc3o2)cc1C. The van der Waals surface area contributed by atoms with Crippen molar-refractivity contribution in [3.8, 4) is 34.1 Å². The van der Waals surface area contributed by atoms with Crippen LogP contribution in [-0.2, 0) is 0 Å². The molecule has 26 heavy (non-hydrogen) atoms. The largest absolute Gasteiger partial charge is 0.454 e. The molecule has 0 aliphatic carbocycles. The smallest absolute Gasteiger partial charge is 0.231 e. The van der Waals surface area contributed by atoms with E-state index in [0.717, 1.165) is 39.3 Å². The van der Waals surface area contributed by atoms with Gasteiger partial charge in [0.05, 0.1) is 0 Å². The Hall–Kier alpha value is -3.27. The lowest BCUT2D eigenvalue weighted by molar-refractivity contribution is 0.174. The lowest BCUT2D eigenvalue weighted by Crippen LogP contribution is -1.92. The molecule has 1 aliphatic rings. The maximum Gasteiger partial charge on any atom is 0.231 e. The standard InChI is InChI=1S/C22H17NO3/c1-13-3-4-17(9-14(13)2)22-23-18-7-5-15(10-20(18)26-22)16-6-8-19-21(11-16)25-12-24-19/h3-11H,12H2,1-2H3. The number of hydrogen-bond donors (Lipinski definition) is 0. The summed E-state index contributed by atoms with van der Waals surface area (Å²) >= 11 is 0. The predicted octanol–water partition coefficient (Wildman–Crippen LogP) is 5.51. The molecule has 5 rings (SSSR count). The van der Waals surface area contributed by atoms with E-state index in [1.54, 1.807) is 0 Å². The summed E-state index contributed by atoms with van der Waals surface area (Å²) in [6.07, 6.45) is 0. The number of oxazole rings is 1. The summed E-state index contributed by atoms with van der Waals surface area (Å²) in [5, 5.41) is 0. The van der Waals surface area contributed by atoms with Gasteiger partial charge < -0.3 is 13.9 Å². The first-order chi connectivity index (χ1) is 12.7. The number of aryl methyl sites for hydroxylation is 2. The molecule has 0 amide bonds. The summed E-state index contributed by atoms with van der Waals surface area (Å²) in [6, 6.07) is 18.3. The molecule has 0 bridgehead atoms. The van der Waals surface area contributed by atoms with Crippen LogP contribution in [-0.4, -0.2) is 11.8 Å². The van der Waals surface area contributed by atoms with Crippen LogP contribution in [0.5, 0.6) is 11.5 Å². The van der Waals surface area contributed by atoms with Crippen LogP contribution in [0.15, 0.2) is 59.0 Å². The summed E-state index contributed by atoms with van der Waals surface area (Å²) < 4.78 is 16.9. The first-order valence-electron chi connectivity index (χ1n) is 8.56. The van der Waals surface area contributed by atoms with Crippen molar-refractivity contribution in [3.05, 3.63) is 65.7 Å². The molecule has 0 N–H and O–H groups in total. The van der Waals surface area contributed by atoms with E-state index in [1.807, 2.05) is 42.5 Å². The Labute approximate surface area is 151 Å². The zero-order valence-corrected chi connectivity index (χ0v) is 14.6. The molecule has 1 aromatic heterocycles. The van der Waals surface area contributed by atoms with Gasteiger partial charge in [-0.2, -0.15) is 0 Å². The van der Waals surface area contributed by atoms with E-state index in [4.69, 9.17) is 13.9 Å². The van der Waals surface area contributed by atoms with Crippen LogP contribution < -0.4 is 9.47 Å². The van der Waals surface area contributed by atoms with Gasteiger partial charge in [0.1, 0.15) is 5.52 Å². The average molecular weight is 343 g/mol. The third-order valence-corrected chi connectivity index (χ3v) is 4.85. The fourth-order valence-electron chi connectivity index (χ4n) is 3.18. The first kappa shape index (κ1) is 15.0. The third-order valence-electron chi connectivity index (χ3n) is 4.85. The Kier molecular flexibility index (Phi) is 3.25. The highest BCUT2D eigenvalue weighted by atomic mass is 16.7. The highest BCUT2D eigenvalue weighted by molar-refractivity contribution is 5.82. The van der Waals surface area contributed by atoms with Crippen LogP contribution in [0.3, 0.4) is 0 Å². The van der Waals surface area contributed by atoms with E-state index in [9.17, 15) is 0 Å². The van der Waals surface area contributed by atoms with Crippen molar-refractivity contribution in [2.45, 2.75) is 13.8 Å². The molecule has 3 aromatic carbocycles. The molecule has 2 heterocycles. The lowest BCUT2D eigenvalue weighted by atomic mass is 10.0. The minimum absolute atomic E-state index is 0.277. The van der Waals surface area contributed by atoms with Gasteiger partial charge in [-0.1, -0.05) is 18.2 Å². The number of fused-ring (bicyclic) bond motifs is 2. The van der Waals surface area contributed by atoms with Crippen molar-refractivity contribution < 1.29 is 13.9 Å². The van der Waals surface area contributed by atoms with E-state index in [2.05, 4.69) is 31.0 Å². The lowest BCUT2D eigenvalue weighted by Gasteiger charge is -2.03. The number of aromatic nitrogens is 1. The summed E-state index contributed by atoms with van der Waals surface area (Å²) in [5.74, 6) is 2.20. The van der Waals surface area contributed by atoms with Crippen molar-refractivity contribution in [1.29, 1.82) is 0 Å². The second kappa shape index (κ2) is 5.63. The maximum atomic E-state index is 6.04. The molecule has 0 saturated carbocycles. The van der Waals surface area contributed by atoms with Crippen LogP contribution in [0, 0.1) is 13.8 Å². The molecule has 0 unspecified atom stereocenters. The van der Waals surface area contributed by atoms with Gasteiger partial charge in [0.15, 0.2) is 17.1 Å². The monoisotopic (exact) mass is 343 g/mol. The molecule has 0 fully saturated rings. The molecule has 4 aromatic rings. The molecule has 0 saturated heterocycles.